The number of azide groups is 2. The molecule has 0 unspecified atom stereocenters. The Morgan fingerprint density at radius 3 is 1.88 bits per heavy atom. The summed E-state index contributed by atoms with van der Waals surface area (Å²) in [6.45, 7) is 0. The Balaban J connectivity index is 3.13. The molecule has 0 aliphatic heterocycles. The normalized spacial score (nSPS) is 8.50. The van der Waals surface area contributed by atoms with E-state index >= 15 is 0 Å². The van der Waals surface area contributed by atoms with Crippen LogP contribution in [0.1, 0.15) is 21.0 Å². The second-order valence-electron chi connectivity index (χ2n) is 2.40. The van der Waals surface area contributed by atoms with Crippen LogP contribution < -0.4 is 0 Å². The smallest absolute Gasteiger partial charge is 0.267 e. The number of carbonyl (C=O) groups is 2. The van der Waals surface area contributed by atoms with Crippen LogP contribution in [0.5, 0.6) is 0 Å². The average molecular weight is 217 g/mol. The molecule has 9 heteroatoms. The second kappa shape index (κ2) is 5.11. The van der Waals surface area contributed by atoms with E-state index < -0.39 is 11.8 Å². The van der Waals surface area contributed by atoms with Crippen molar-refractivity contribution in [3.63, 3.8) is 0 Å². The predicted octanol–water partition coefficient (Wildman–Crippen LogP) is 1.98. The molecule has 0 bridgehead atoms. The third-order valence-electron chi connectivity index (χ3n) is 1.46. The lowest BCUT2D eigenvalue weighted by molar-refractivity contribution is 0.0992. The minimum atomic E-state index is -0.918. The molecule has 2 amide bonds. The molecule has 78 valence electrons. The highest BCUT2D eigenvalue weighted by Crippen LogP contribution is 2.03. The van der Waals surface area contributed by atoms with Crippen LogP contribution in [0.2, 0.25) is 0 Å². The SMILES string of the molecule is [N-]=[N+]=NC(=O)c1cccc(C(=O)N=[N+]=[N-])n1. The van der Waals surface area contributed by atoms with Crippen molar-refractivity contribution in [1.82, 2.24) is 4.98 Å². The minimum Gasteiger partial charge on any atom is -0.285 e. The van der Waals surface area contributed by atoms with Gasteiger partial charge in [-0.2, -0.15) is 0 Å². The fourth-order valence-corrected chi connectivity index (χ4v) is 0.857. The first-order chi connectivity index (χ1) is 7.69. The molecular formula is C7H3N7O2. The van der Waals surface area contributed by atoms with Crippen LogP contribution >= 0.6 is 0 Å². The quantitative estimate of drug-likeness (QED) is 0.423. The summed E-state index contributed by atoms with van der Waals surface area (Å²) in [7, 11) is 0. The Hall–Kier alpha value is -2.89. The lowest BCUT2D eigenvalue weighted by Crippen LogP contribution is -2.04. The van der Waals surface area contributed by atoms with Crippen molar-refractivity contribution in [2.45, 2.75) is 0 Å². The minimum absolute atomic E-state index is 0.197. The second-order valence-corrected chi connectivity index (χ2v) is 2.40. The van der Waals surface area contributed by atoms with E-state index in [0.717, 1.165) is 0 Å². The molecular weight excluding hydrogens is 214 g/mol. The molecule has 0 fully saturated rings. The molecule has 0 aliphatic carbocycles. The van der Waals surface area contributed by atoms with Gasteiger partial charge in [0.15, 0.2) is 0 Å². The van der Waals surface area contributed by atoms with Crippen LogP contribution in [0.4, 0.5) is 0 Å². The van der Waals surface area contributed by atoms with Crippen LogP contribution in [-0.4, -0.2) is 16.8 Å². The summed E-state index contributed by atoms with van der Waals surface area (Å²) in [6.07, 6.45) is 0. The maximum Gasteiger partial charge on any atom is 0.267 e. The molecule has 0 saturated heterocycles. The van der Waals surface area contributed by atoms with Gasteiger partial charge in [-0.15, -0.1) is 0 Å². The van der Waals surface area contributed by atoms with Gasteiger partial charge in [0.05, 0.1) is 0 Å². The number of aromatic nitrogens is 1. The highest BCUT2D eigenvalue weighted by Gasteiger charge is 2.09. The Labute approximate surface area is 88.0 Å². The van der Waals surface area contributed by atoms with E-state index in [9.17, 15) is 9.59 Å². The zero-order valence-corrected chi connectivity index (χ0v) is 7.68. The Morgan fingerprint density at radius 2 is 1.50 bits per heavy atom. The van der Waals surface area contributed by atoms with Gasteiger partial charge in [-0.25, -0.2) is 4.98 Å². The van der Waals surface area contributed by atoms with Crippen LogP contribution in [0.25, 0.3) is 20.9 Å². The van der Waals surface area contributed by atoms with Crippen molar-refractivity contribution >= 4 is 11.8 Å². The Kier molecular flexibility index (Phi) is 3.57. The Bertz CT molecular complexity index is 494. The van der Waals surface area contributed by atoms with E-state index in [0.29, 0.717) is 0 Å². The van der Waals surface area contributed by atoms with Crippen LogP contribution in [-0.2, 0) is 0 Å². The summed E-state index contributed by atoms with van der Waals surface area (Å²) in [5.74, 6) is -1.84. The van der Waals surface area contributed by atoms with Gasteiger partial charge in [-0.05, 0) is 33.4 Å². The fourth-order valence-electron chi connectivity index (χ4n) is 0.857. The highest BCUT2D eigenvalue weighted by atomic mass is 16.2. The van der Waals surface area contributed by atoms with Gasteiger partial charge in [-0.1, -0.05) is 6.07 Å². The fraction of sp³-hybridized carbons (Fsp3) is 0. The first kappa shape index (κ1) is 11.2. The van der Waals surface area contributed by atoms with Gasteiger partial charge in [0.25, 0.3) is 11.8 Å². The monoisotopic (exact) mass is 217 g/mol. The molecule has 0 spiro atoms. The molecule has 0 saturated carbocycles. The zero-order chi connectivity index (χ0) is 12.0. The largest absolute Gasteiger partial charge is 0.285 e. The molecule has 0 atom stereocenters. The van der Waals surface area contributed by atoms with Crippen molar-refractivity contribution in [3.8, 4) is 0 Å². The first-order valence-electron chi connectivity index (χ1n) is 3.85. The van der Waals surface area contributed by atoms with Gasteiger partial charge >= 0.3 is 0 Å². The van der Waals surface area contributed by atoms with Crippen LogP contribution in [0.3, 0.4) is 0 Å². The molecule has 1 aromatic heterocycles. The summed E-state index contributed by atoms with van der Waals surface area (Å²) in [5, 5.41) is 5.61. The van der Waals surface area contributed by atoms with E-state index in [4.69, 9.17) is 11.1 Å². The summed E-state index contributed by atoms with van der Waals surface area (Å²) < 4.78 is 0. The molecule has 16 heavy (non-hydrogen) atoms. The number of pyridine rings is 1. The van der Waals surface area contributed by atoms with Crippen LogP contribution in [0, 0.1) is 0 Å². The molecule has 0 radical (unpaired) electrons. The Morgan fingerprint density at radius 1 is 1.06 bits per heavy atom. The van der Waals surface area contributed by atoms with Gasteiger partial charge in [0, 0.05) is 9.82 Å². The van der Waals surface area contributed by atoms with E-state index in [2.05, 4.69) is 25.0 Å². The molecule has 1 heterocycles. The van der Waals surface area contributed by atoms with Crippen molar-refractivity contribution < 1.29 is 9.59 Å². The number of rotatable bonds is 2. The van der Waals surface area contributed by atoms with Gasteiger partial charge < -0.3 is 0 Å². The highest BCUT2D eigenvalue weighted by molar-refractivity contribution is 5.96. The molecule has 9 nitrogen and oxygen atoms in total. The summed E-state index contributed by atoms with van der Waals surface area (Å²) in [6, 6.07) is 3.89. The number of hydrogen-bond donors (Lipinski definition) is 0. The maximum absolute atomic E-state index is 11.1. The number of hydrogen-bond acceptors (Lipinski definition) is 3. The maximum atomic E-state index is 11.1. The molecule has 0 N–H and O–H groups in total. The van der Waals surface area contributed by atoms with Crippen molar-refractivity contribution in [3.05, 3.63) is 50.5 Å². The van der Waals surface area contributed by atoms with E-state index in [-0.39, 0.29) is 11.4 Å². The van der Waals surface area contributed by atoms with Crippen molar-refractivity contribution in [1.29, 1.82) is 0 Å². The van der Waals surface area contributed by atoms with Gasteiger partial charge in [0.2, 0.25) is 0 Å². The van der Waals surface area contributed by atoms with Gasteiger partial charge in [-0.3, -0.25) is 9.59 Å². The lowest BCUT2D eigenvalue weighted by Gasteiger charge is -1.96. The third kappa shape index (κ3) is 2.55. The van der Waals surface area contributed by atoms with Gasteiger partial charge in [0.1, 0.15) is 11.4 Å². The molecule has 1 aromatic rings. The van der Waals surface area contributed by atoms with Crippen molar-refractivity contribution in [2.24, 2.45) is 10.2 Å². The standard InChI is InChI=1S/C7H3N7O2/c8-13-11-6(15)4-2-1-3-5(10-4)7(16)12-14-9/h1-3H. The summed E-state index contributed by atoms with van der Waals surface area (Å²) >= 11 is 0. The van der Waals surface area contributed by atoms with Crippen LogP contribution in [0.15, 0.2) is 28.4 Å². The summed E-state index contributed by atoms with van der Waals surface area (Å²) in [5.41, 5.74) is 15.7. The first-order valence-corrected chi connectivity index (χ1v) is 3.85. The number of amides is 2. The number of carbonyl (C=O) groups excluding carboxylic acids is 2. The predicted molar refractivity (Wildman–Crippen MR) is 51.2 cm³/mol. The zero-order valence-electron chi connectivity index (χ0n) is 7.68. The number of nitrogens with zero attached hydrogens (tertiary/aromatic N) is 7. The molecule has 1 rings (SSSR count). The third-order valence-corrected chi connectivity index (χ3v) is 1.46. The van der Waals surface area contributed by atoms with E-state index in [1.165, 1.54) is 18.2 Å². The summed E-state index contributed by atoms with van der Waals surface area (Å²) in [4.78, 5) is 30.3. The average Bonchev–Trinajstić information content (AvgIpc) is 2.30. The molecule has 0 aromatic carbocycles. The molecule has 0 aliphatic rings. The topological polar surface area (TPSA) is 145 Å². The van der Waals surface area contributed by atoms with E-state index in [1.54, 1.807) is 0 Å². The van der Waals surface area contributed by atoms with E-state index in [1.807, 2.05) is 0 Å². The van der Waals surface area contributed by atoms with Crippen molar-refractivity contribution in [2.75, 3.05) is 0 Å². The lowest BCUT2D eigenvalue weighted by atomic mass is 10.3.